The number of aryl methyl sites for hydroxylation is 1. The molecule has 1 spiro atoms. The van der Waals surface area contributed by atoms with Gasteiger partial charge in [-0.05, 0) is 31.4 Å². The van der Waals surface area contributed by atoms with Crippen LogP contribution in [0.1, 0.15) is 43.4 Å². The Labute approximate surface area is 124 Å². The Morgan fingerprint density at radius 3 is 2.76 bits per heavy atom. The van der Waals surface area contributed by atoms with Gasteiger partial charge in [0.2, 0.25) is 11.8 Å². The lowest BCUT2D eigenvalue weighted by atomic mass is 9.78. The fraction of sp³-hybridized carbons (Fsp3) is 0.562. The molecule has 112 valence electrons. The molecule has 0 radical (unpaired) electrons. The lowest BCUT2D eigenvalue weighted by Crippen LogP contribution is -2.67. The van der Waals surface area contributed by atoms with Crippen LogP contribution in [-0.4, -0.2) is 33.8 Å². The highest BCUT2D eigenvalue weighted by molar-refractivity contribution is 5.98. The van der Waals surface area contributed by atoms with Crippen LogP contribution in [0.3, 0.4) is 0 Å². The van der Waals surface area contributed by atoms with Crippen molar-refractivity contribution in [3.05, 3.63) is 29.6 Å². The number of piperazine rings is 1. The number of nitrogens with one attached hydrogen (secondary N) is 1. The average molecular weight is 287 g/mol. The first kappa shape index (κ1) is 14.0. The fourth-order valence-corrected chi connectivity index (χ4v) is 3.48. The largest absolute Gasteiger partial charge is 0.345 e. The van der Waals surface area contributed by atoms with E-state index in [4.69, 9.17) is 0 Å². The van der Waals surface area contributed by atoms with Gasteiger partial charge in [0.1, 0.15) is 5.54 Å². The lowest BCUT2D eigenvalue weighted by molar-refractivity contribution is -0.157. The van der Waals surface area contributed by atoms with Gasteiger partial charge < -0.3 is 10.2 Å². The zero-order chi connectivity index (χ0) is 14.9. The summed E-state index contributed by atoms with van der Waals surface area (Å²) in [7, 11) is 0. The van der Waals surface area contributed by atoms with Gasteiger partial charge in [-0.3, -0.25) is 14.6 Å². The Hall–Kier alpha value is -1.91. The molecule has 1 aliphatic heterocycles. The summed E-state index contributed by atoms with van der Waals surface area (Å²) in [6.07, 6.45) is 6.40. The summed E-state index contributed by atoms with van der Waals surface area (Å²) >= 11 is 0. The second-order valence-corrected chi connectivity index (χ2v) is 6.02. The zero-order valence-corrected chi connectivity index (χ0v) is 12.4. The molecule has 1 aromatic rings. The van der Waals surface area contributed by atoms with Gasteiger partial charge in [-0.15, -0.1) is 0 Å². The van der Waals surface area contributed by atoms with Gasteiger partial charge in [-0.2, -0.15) is 0 Å². The maximum Gasteiger partial charge on any atom is 0.246 e. The van der Waals surface area contributed by atoms with Crippen molar-refractivity contribution in [3.63, 3.8) is 0 Å². The molecule has 1 N–H and O–H groups in total. The third-order valence-corrected chi connectivity index (χ3v) is 4.75. The molecule has 1 aromatic heterocycles. The highest BCUT2D eigenvalue weighted by Crippen LogP contribution is 2.36. The molecule has 2 heterocycles. The molecular formula is C16H21N3O2. The fourth-order valence-electron chi connectivity index (χ4n) is 3.48. The normalized spacial score (nSPS) is 21.5. The van der Waals surface area contributed by atoms with Crippen molar-refractivity contribution in [2.45, 2.75) is 51.1 Å². The first-order valence-corrected chi connectivity index (χ1v) is 7.63. The van der Waals surface area contributed by atoms with Gasteiger partial charge in [0, 0.05) is 6.20 Å². The number of carbonyl (C=O) groups is 2. The molecule has 1 saturated carbocycles. The van der Waals surface area contributed by atoms with E-state index in [0.29, 0.717) is 6.54 Å². The van der Waals surface area contributed by atoms with Crippen LogP contribution in [-0.2, 0) is 16.1 Å². The summed E-state index contributed by atoms with van der Waals surface area (Å²) in [5.74, 6) is 0.0111. The number of nitrogens with zero attached hydrogens (tertiary/aromatic N) is 2. The van der Waals surface area contributed by atoms with Crippen molar-refractivity contribution >= 4 is 11.8 Å². The molecule has 2 aliphatic rings. The van der Waals surface area contributed by atoms with Gasteiger partial charge in [-0.1, -0.05) is 25.3 Å². The highest BCUT2D eigenvalue weighted by atomic mass is 16.2. The second kappa shape index (κ2) is 5.47. The van der Waals surface area contributed by atoms with E-state index >= 15 is 0 Å². The summed E-state index contributed by atoms with van der Waals surface area (Å²) in [5.41, 5.74) is 1.28. The van der Waals surface area contributed by atoms with Crippen molar-refractivity contribution in [1.29, 1.82) is 0 Å². The van der Waals surface area contributed by atoms with Gasteiger partial charge in [0.15, 0.2) is 0 Å². The van der Waals surface area contributed by atoms with Gasteiger partial charge >= 0.3 is 0 Å². The molecular weight excluding hydrogens is 266 g/mol. The van der Waals surface area contributed by atoms with Crippen LogP contribution in [0.5, 0.6) is 0 Å². The molecule has 0 bridgehead atoms. The van der Waals surface area contributed by atoms with E-state index in [0.717, 1.165) is 43.4 Å². The molecule has 2 amide bonds. The zero-order valence-electron chi connectivity index (χ0n) is 12.4. The van der Waals surface area contributed by atoms with Crippen LogP contribution in [0.4, 0.5) is 0 Å². The summed E-state index contributed by atoms with van der Waals surface area (Å²) < 4.78 is 0. The number of pyridine rings is 1. The van der Waals surface area contributed by atoms with E-state index in [1.165, 1.54) is 0 Å². The Kier molecular flexibility index (Phi) is 3.66. The number of aromatic nitrogens is 1. The topological polar surface area (TPSA) is 62.3 Å². The van der Waals surface area contributed by atoms with E-state index in [1.54, 1.807) is 11.1 Å². The monoisotopic (exact) mass is 287 g/mol. The second-order valence-electron chi connectivity index (χ2n) is 6.02. The summed E-state index contributed by atoms with van der Waals surface area (Å²) in [6, 6.07) is 3.88. The third-order valence-electron chi connectivity index (χ3n) is 4.75. The summed E-state index contributed by atoms with van der Waals surface area (Å²) in [5, 5.41) is 2.77. The molecule has 1 aliphatic carbocycles. The Bertz CT molecular complexity index is 564. The first-order chi connectivity index (χ1) is 10.1. The van der Waals surface area contributed by atoms with Crippen molar-refractivity contribution in [3.8, 4) is 0 Å². The van der Waals surface area contributed by atoms with E-state index in [9.17, 15) is 9.59 Å². The van der Waals surface area contributed by atoms with Crippen LogP contribution < -0.4 is 5.32 Å². The van der Waals surface area contributed by atoms with Crippen molar-refractivity contribution in [2.24, 2.45) is 0 Å². The predicted molar refractivity (Wildman–Crippen MR) is 78.3 cm³/mol. The molecule has 0 aromatic carbocycles. The standard InChI is InChI=1S/C16H21N3O2/c1-12-6-5-9-17-13(12)11-19-14(20)10-18-15(21)16(19)7-3-2-4-8-16/h5-6,9H,2-4,7-8,10-11H2,1H3,(H,18,21). The Morgan fingerprint density at radius 2 is 2.05 bits per heavy atom. The molecule has 0 atom stereocenters. The van der Waals surface area contributed by atoms with Crippen LogP contribution in [0.2, 0.25) is 0 Å². The smallest absolute Gasteiger partial charge is 0.246 e. The number of hydrogen-bond acceptors (Lipinski definition) is 3. The number of rotatable bonds is 2. The van der Waals surface area contributed by atoms with E-state index in [-0.39, 0.29) is 18.4 Å². The minimum Gasteiger partial charge on any atom is -0.345 e. The minimum absolute atomic E-state index is 0.00144. The van der Waals surface area contributed by atoms with Crippen LogP contribution in [0, 0.1) is 6.92 Å². The Morgan fingerprint density at radius 1 is 1.29 bits per heavy atom. The van der Waals surface area contributed by atoms with E-state index in [2.05, 4.69) is 10.3 Å². The SMILES string of the molecule is Cc1cccnc1CN1C(=O)CNC(=O)C12CCCCC2. The molecule has 21 heavy (non-hydrogen) atoms. The molecule has 0 unspecified atom stereocenters. The van der Waals surface area contributed by atoms with E-state index < -0.39 is 5.54 Å². The summed E-state index contributed by atoms with van der Waals surface area (Å²) in [4.78, 5) is 31.1. The number of carbonyl (C=O) groups excluding carboxylic acids is 2. The van der Waals surface area contributed by atoms with Gasteiger partial charge in [0.25, 0.3) is 0 Å². The predicted octanol–water partition coefficient (Wildman–Crippen LogP) is 1.55. The maximum atomic E-state index is 12.5. The van der Waals surface area contributed by atoms with Crippen molar-refractivity contribution in [2.75, 3.05) is 6.54 Å². The van der Waals surface area contributed by atoms with Crippen molar-refractivity contribution in [1.82, 2.24) is 15.2 Å². The maximum absolute atomic E-state index is 12.5. The van der Waals surface area contributed by atoms with E-state index in [1.807, 2.05) is 19.1 Å². The average Bonchev–Trinajstić information content (AvgIpc) is 2.51. The van der Waals surface area contributed by atoms with Gasteiger partial charge in [0.05, 0.1) is 18.8 Å². The van der Waals surface area contributed by atoms with Crippen LogP contribution >= 0.6 is 0 Å². The van der Waals surface area contributed by atoms with Gasteiger partial charge in [-0.25, -0.2) is 0 Å². The number of hydrogen-bond donors (Lipinski definition) is 1. The first-order valence-electron chi connectivity index (χ1n) is 7.63. The third kappa shape index (κ3) is 2.41. The van der Waals surface area contributed by atoms with Crippen LogP contribution in [0.25, 0.3) is 0 Å². The molecule has 5 heteroatoms. The highest BCUT2D eigenvalue weighted by Gasteiger charge is 2.49. The molecule has 3 rings (SSSR count). The van der Waals surface area contributed by atoms with Crippen molar-refractivity contribution < 1.29 is 9.59 Å². The van der Waals surface area contributed by atoms with Crippen LogP contribution in [0.15, 0.2) is 18.3 Å². The number of amides is 2. The molecule has 5 nitrogen and oxygen atoms in total. The quantitative estimate of drug-likeness (QED) is 0.897. The molecule has 2 fully saturated rings. The lowest BCUT2D eigenvalue weighted by Gasteiger charge is -2.47. The molecule has 1 saturated heterocycles. The Balaban J connectivity index is 1.93. The summed E-state index contributed by atoms with van der Waals surface area (Å²) in [6.45, 7) is 2.52. The minimum atomic E-state index is -0.655.